The Morgan fingerprint density at radius 2 is 1.62 bits per heavy atom. The Morgan fingerprint density at radius 3 is 2.31 bits per heavy atom. The molecule has 13 heavy (non-hydrogen) atoms. The molecule has 0 radical (unpaired) electrons. The summed E-state index contributed by atoms with van der Waals surface area (Å²) in [6.45, 7) is 0. The molecule has 0 atom stereocenters. The summed E-state index contributed by atoms with van der Waals surface area (Å²) in [4.78, 5) is 0. The molecule has 0 bridgehead atoms. The van der Waals surface area contributed by atoms with Gasteiger partial charge in [0.05, 0.1) is 0 Å². The molecule has 4 nitrogen and oxygen atoms in total. The fourth-order valence-electron chi connectivity index (χ4n) is 1.14. The number of hydrogen-bond acceptors (Lipinski definition) is 2. The maximum atomic E-state index is 11.2. The molecule has 0 fully saturated rings. The molecule has 1 aromatic carbocycles. The lowest BCUT2D eigenvalue weighted by atomic mass is 10.3. The van der Waals surface area contributed by atoms with Crippen molar-refractivity contribution in [2.45, 2.75) is 0 Å². The van der Waals surface area contributed by atoms with Crippen molar-refractivity contribution in [3.05, 3.63) is 45.5 Å². The van der Waals surface area contributed by atoms with Crippen molar-refractivity contribution in [3.63, 3.8) is 0 Å². The fourth-order valence-corrected chi connectivity index (χ4v) is 1.49. The van der Waals surface area contributed by atoms with Gasteiger partial charge >= 0.3 is 0 Å². The summed E-state index contributed by atoms with van der Waals surface area (Å²) >= 11 is 3.23. The molecular weight excluding hydrogens is 236 g/mol. The van der Waals surface area contributed by atoms with Crippen LogP contribution >= 0.6 is 15.9 Å². The van der Waals surface area contributed by atoms with Gasteiger partial charge in [0.25, 0.3) is 11.0 Å². The predicted octanol–water partition coefficient (Wildman–Crippen LogP) is 0.869. The lowest BCUT2D eigenvalue weighted by Gasteiger charge is -2.01. The molecule has 0 aliphatic heterocycles. The van der Waals surface area contributed by atoms with Crippen LogP contribution in [0, 0.1) is 10.4 Å². The van der Waals surface area contributed by atoms with Gasteiger partial charge in [-0.3, -0.25) is 0 Å². The first-order chi connectivity index (χ1) is 6.18. The van der Waals surface area contributed by atoms with E-state index in [2.05, 4.69) is 15.9 Å². The Balaban J connectivity index is 2.92. The molecule has 0 N–H and O–H groups in total. The molecule has 0 spiro atoms. The maximum absolute atomic E-state index is 11.2. The number of nitrogens with zero attached hydrogens (tertiary/aromatic N) is 2. The summed E-state index contributed by atoms with van der Waals surface area (Å²) in [6.07, 6.45) is 2.37. The van der Waals surface area contributed by atoms with Gasteiger partial charge in [-0.2, -0.15) is 9.46 Å². The molecule has 0 saturated carbocycles. The van der Waals surface area contributed by atoms with Crippen molar-refractivity contribution < 1.29 is 9.46 Å². The molecule has 5 heteroatoms. The predicted molar refractivity (Wildman–Crippen MR) is 49.6 cm³/mol. The average Bonchev–Trinajstić information content (AvgIpc) is 2.12. The second-order valence-corrected chi connectivity index (χ2v) is 3.50. The van der Waals surface area contributed by atoms with E-state index in [1.165, 1.54) is 12.4 Å². The van der Waals surface area contributed by atoms with E-state index in [0.29, 0.717) is 20.5 Å². The van der Waals surface area contributed by atoms with Gasteiger partial charge in [-0.15, -0.1) is 0 Å². The quantitative estimate of drug-likeness (QED) is 0.507. The minimum absolute atomic E-state index is 0.354. The van der Waals surface area contributed by atoms with Crippen LogP contribution in [0.4, 0.5) is 0 Å². The van der Waals surface area contributed by atoms with Gasteiger partial charge in [-0.25, -0.2) is 0 Å². The maximum Gasteiger partial charge on any atom is 0.291 e. The molecule has 0 saturated heterocycles. The van der Waals surface area contributed by atoms with Crippen LogP contribution in [0.3, 0.4) is 0 Å². The van der Waals surface area contributed by atoms with E-state index in [4.69, 9.17) is 0 Å². The van der Waals surface area contributed by atoms with Crippen LogP contribution in [0.1, 0.15) is 0 Å². The van der Waals surface area contributed by atoms with Gasteiger partial charge in [0.15, 0.2) is 0 Å². The van der Waals surface area contributed by atoms with Gasteiger partial charge in [-0.05, 0) is 6.07 Å². The molecule has 2 rings (SSSR count). The molecule has 1 heterocycles. The third-order valence-corrected chi connectivity index (χ3v) is 2.24. The van der Waals surface area contributed by atoms with Gasteiger partial charge in [-0.1, -0.05) is 15.9 Å². The monoisotopic (exact) mass is 240 g/mol. The van der Waals surface area contributed by atoms with E-state index in [1.54, 1.807) is 18.2 Å². The minimum atomic E-state index is 0.354. The normalized spacial score (nSPS) is 10.5. The molecule has 0 aliphatic rings. The van der Waals surface area contributed by atoms with Crippen molar-refractivity contribution in [2.75, 3.05) is 0 Å². The number of halogens is 1. The second kappa shape index (κ2) is 2.85. The SMILES string of the molecule is [O-][n+]1cc[n+]([O-])c2cc(Br)ccc21. The molecule has 2 aromatic rings. The Hall–Kier alpha value is -1.36. The standard InChI is InChI=1S/C8H5BrN2O2/c9-6-1-2-7-8(5-6)11(13)4-3-10(7)12/h1-5H. The number of fused-ring (bicyclic) bond motifs is 1. The van der Waals surface area contributed by atoms with Crippen LogP contribution in [-0.4, -0.2) is 0 Å². The molecule has 66 valence electrons. The van der Waals surface area contributed by atoms with Gasteiger partial charge in [0.1, 0.15) is 0 Å². The molecule has 0 aliphatic carbocycles. The molecule has 0 amide bonds. The number of aromatic nitrogens is 2. The van der Waals surface area contributed by atoms with Crippen LogP contribution in [-0.2, 0) is 0 Å². The first-order valence-corrected chi connectivity index (χ1v) is 4.38. The first-order valence-electron chi connectivity index (χ1n) is 3.59. The highest BCUT2D eigenvalue weighted by Crippen LogP contribution is 2.13. The van der Waals surface area contributed by atoms with Crippen LogP contribution in [0.2, 0.25) is 0 Å². The van der Waals surface area contributed by atoms with Crippen molar-refractivity contribution in [3.8, 4) is 0 Å². The van der Waals surface area contributed by atoms with E-state index in [1.807, 2.05) is 0 Å². The molecular formula is C8H5BrN2O2. The second-order valence-electron chi connectivity index (χ2n) is 2.58. The van der Waals surface area contributed by atoms with E-state index in [0.717, 1.165) is 4.47 Å². The van der Waals surface area contributed by atoms with Crippen molar-refractivity contribution in [1.82, 2.24) is 0 Å². The smallest absolute Gasteiger partial charge is 0.291 e. The summed E-state index contributed by atoms with van der Waals surface area (Å²) in [5.41, 5.74) is 0.715. The van der Waals surface area contributed by atoms with Crippen LogP contribution < -0.4 is 9.46 Å². The zero-order valence-corrected chi connectivity index (χ0v) is 8.06. The Morgan fingerprint density at radius 1 is 1.00 bits per heavy atom. The van der Waals surface area contributed by atoms with E-state index in [9.17, 15) is 10.4 Å². The molecule has 1 aromatic heterocycles. The third-order valence-electron chi connectivity index (χ3n) is 1.75. The zero-order valence-electron chi connectivity index (χ0n) is 6.48. The van der Waals surface area contributed by atoms with Crippen molar-refractivity contribution in [1.29, 1.82) is 0 Å². The average molecular weight is 241 g/mol. The summed E-state index contributed by atoms with van der Waals surface area (Å²) < 4.78 is 2.10. The molecule has 0 unspecified atom stereocenters. The van der Waals surface area contributed by atoms with Crippen molar-refractivity contribution in [2.24, 2.45) is 0 Å². The zero-order chi connectivity index (χ0) is 9.42. The van der Waals surface area contributed by atoms with Gasteiger partial charge in [0, 0.05) is 16.6 Å². The lowest BCUT2D eigenvalue weighted by molar-refractivity contribution is -0.628. The summed E-state index contributed by atoms with van der Waals surface area (Å²) in [5.74, 6) is 0. The van der Waals surface area contributed by atoms with Crippen LogP contribution in [0.25, 0.3) is 11.0 Å². The first kappa shape index (κ1) is 8.25. The highest BCUT2D eigenvalue weighted by atomic mass is 79.9. The van der Waals surface area contributed by atoms with E-state index in [-0.39, 0.29) is 0 Å². The highest BCUT2D eigenvalue weighted by molar-refractivity contribution is 9.10. The Labute approximate surface area is 82.3 Å². The largest absolute Gasteiger partial charge is 0.618 e. The minimum Gasteiger partial charge on any atom is -0.618 e. The summed E-state index contributed by atoms with van der Waals surface area (Å²) in [7, 11) is 0. The fraction of sp³-hybridized carbons (Fsp3) is 0. The highest BCUT2D eigenvalue weighted by Gasteiger charge is 2.11. The van der Waals surface area contributed by atoms with Crippen molar-refractivity contribution >= 4 is 27.0 Å². The van der Waals surface area contributed by atoms with Crippen LogP contribution in [0.5, 0.6) is 0 Å². The van der Waals surface area contributed by atoms with Crippen LogP contribution in [0.15, 0.2) is 35.1 Å². The number of benzene rings is 1. The van der Waals surface area contributed by atoms with Gasteiger partial charge < -0.3 is 10.4 Å². The summed E-state index contributed by atoms with van der Waals surface area (Å²) in [5, 5.41) is 22.4. The lowest BCUT2D eigenvalue weighted by Crippen LogP contribution is -2.36. The van der Waals surface area contributed by atoms with Gasteiger partial charge in [0.2, 0.25) is 12.4 Å². The topological polar surface area (TPSA) is 53.9 Å². The summed E-state index contributed by atoms with van der Waals surface area (Å²) in [6, 6.07) is 4.92. The Kier molecular flexibility index (Phi) is 1.81. The third kappa shape index (κ3) is 1.31. The van der Waals surface area contributed by atoms with E-state index >= 15 is 0 Å². The Bertz CT molecular complexity index is 473. The van der Waals surface area contributed by atoms with E-state index < -0.39 is 0 Å². The number of rotatable bonds is 0. The number of hydrogen-bond donors (Lipinski definition) is 0.